The van der Waals surface area contributed by atoms with Gasteiger partial charge in [0.05, 0.1) is 0 Å². The van der Waals surface area contributed by atoms with E-state index < -0.39 is 0 Å². The van der Waals surface area contributed by atoms with Crippen molar-refractivity contribution in [2.45, 2.75) is 58.2 Å². The number of nitrogens with one attached hydrogen (secondary N) is 2. The zero-order valence-corrected chi connectivity index (χ0v) is 16.4. The molecular weight excluding hydrogens is 336 g/mol. The summed E-state index contributed by atoms with van der Waals surface area (Å²) in [6.07, 6.45) is 8.43. The Kier molecular flexibility index (Phi) is 6.82. The fourth-order valence-corrected chi connectivity index (χ4v) is 3.78. The number of pyridine rings is 1. The van der Waals surface area contributed by atoms with E-state index in [4.69, 9.17) is 0 Å². The molecule has 3 rings (SSSR count). The van der Waals surface area contributed by atoms with Gasteiger partial charge in [-0.15, -0.1) is 0 Å². The lowest BCUT2D eigenvalue weighted by Gasteiger charge is -2.33. The molecule has 0 unspecified atom stereocenters. The van der Waals surface area contributed by atoms with Gasteiger partial charge in [-0.25, -0.2) is 4.98 Å². The van der Waals surface area contributed by atoms with Gasteiger partial charge < -0.3 is 15.5 Å². The van der Waals surface area contributed by atoms with E-state index in [9.17, 15) is 4.79 Å². The zero-order chi connectivity index (χ0) is 19.1. The van der Waals surface area contributed by atoms with E-state index in [2.05, 4.69) is 33.6 Å². The summed E-state index contributed by atoms with van der Waals surface area (Å²) in [7, 11) is 2.18. The second kappa shape index (κ2) is 9.51. The van der Waals surface area contributed by atoms with Crippen LogP contribution < -0.4 is 15.5 Å². The lowest BCUT2D eigenvalue weighted by Crippen LogP contribution is -2.35. The minimum absolute atomic E-state index is 0.0490. The second-order valence-corrected chi connectivity index (χ2v) is 7.37. The molecule has 5 heteroatoms. The summed E-state index contributed by atoms with van der Waals surface area (Å²) < 4.78 is 0. The third-order valence-electron chi connectivity index (χ3n) is 5.24. The Bertz CT molecular complexity index is 738. The van der Waals surface area contributed by atoms with Crippen LogP contribution in [0.5, 0.6) is 0 Å². The molecule has 27 heavy (non-hydrogen) atoms. The molecule has 2 aromatic rings. The Morgan fingerprint density at radius 2 is 1.85 bits per heavy atom. The van der Waals surface area contributed by atoms with Crippen LogP contribution in [-0.2, 0) is 17.9 Å². The van der Waals surface area contributed by atoms with E-state index in [0.29, 0.717) is 6.04 Å². The highest BCUT2D eigenvalue weighted by Crippen LogP contribution is 2.26. The van der Waals surface area contributed by atoms with Gasteiger partial charge in [0.15, 0.2) is 0 Å². The molecule has 1 saturated carbocycles. The van der Waals surface area contributed by atoms with Gasteiger partial charge in [0.2, 0.25) is 5.91 Å². The van der Waals surface area contributed by atoms with E-state index in [-0.39, 0.29) is 5.91 Å². The summed E-state index contributed by atoms with van der Waals surface area (Å²) in [5.74, 6) is 1.05. The Hall–Kier alpha value is -2.40. The number of anilines is 2. The molecule has 1 aliphatic rings. The van der Waals surface area contributed by atoms with Gasteiger partial charge >= 0.3 is 0 Å². The number of rotatable bonds is 7. The quantitative estimate of drug-likeness (QED) is 0.775. The molecule has 0 aliphatic heterocycles. The van der Waals surface area contributed by atoms with Crippen molar-refractivity contribution in [2.24, 2.45) is 0 Å². The monoisotopic (exact) mass is 366 g/mol. The molecule has 1 aromatic carbocycles. The van der Waals surface area contributed by atoms with Crippen molar-refractivity contribution in [2.75, 3.05) is 17.3 Å². The maximum absolute atomic E-state index is 11.1. The first kappa shape index (κ1) is 19.4. The first-order valence-corrected chi connectivity index (χ1v) is 9.87. The summed E-state index contributed by atoms with van der Waals surface area (Å²) >= 11 is 0. The number of carbonyl (C=O) groups excluding carboxylic acids is 1. The number of hydrogen-bond donors (Lipinski definition) is 2. The van der Waals surface area contributed by atoms with Crippen LogP contribution in [0.1, 0.15) is 50.2 Å². The van der Waals surface area contributed by atoms with Crippen molar-refractivity contribution in [3.63, 3.8) is 0 Å². The molecule has 0 bridgehead atoms. The van der Waals surface area contributed by atoms with Crippen molar-refractivity contribution in [3.05, 3.63) is 53.7 Å². The van der Waals surface area contributed by atoms with E-state index in [0.717, 1.165) is 24.6 Å². The predicted octanol–water partition coefficient (Wildman–Crippen LogP) is 4.10. The third kappa shape index (κ3) is 5.54. The molecule has 0 spiro atoms. The average Bonchev–Trinajstić information content (AvgIpc) is 2.69. The summed E-state index contributed by atoms with van der Waals surface area (Å²) in [6, 6.07) is 12.7. The van der Waals surface area contributed by atoms with Gasteiger partial charge in [-0.2, -0.15) is 0 Å². The van der Waals surface area contributed by atoms with Crippen molar-refractivity contribution in [1.29, 1.82) is 0 Å². The number of nitrogens with zero attached hydrogens (tertiary/aromatic N) is 2. The van der Waals surface area contributed by atoms with Gasteiger partial charge in [0.1, 0.15) is 5.82 Å². The fraction of sp³-hybridized carbons (Fsp3) is 0.455. The maximum Gasteiger partial charge on any atom is 0.221 e. The first-order valence-electron chi connectivity index (χ1n) is 9.87. The molecule has 2 N–H and O–H groups in total. The second-order valence-electron chi connectivity index (χ2n) is 7.37. The SMILES string of the molecule is CC(=O)Nc1ccc(CNCc2cccnc2N(C)C2CCCCC2)cc1. The normalized spacial score (nSPS) is 14.7. The summed E-state index contributed by atoms with van der Waals surface area (Å²) in [5.41, 5.74) is 3.26. The number of amides is 1. The molecule has 5 nitrogen and oxygen atoms in total. The highest BCUT2D eigenvalue weighted by atomic mass is 16.1. The van der Waals surface area contributed by atoms with Crippen molar-refractivity contribution < 1.29 is 4.79 Å². The lowest BCUT2D eigenvalue weighted by atomic mass is 9.94. The van der Waals surface area contributed by atoms with E-state index >= 15 is 0 Å². The fourth-order valence-electron chi connectivity index (χ4n) is 3.78. The van der Waals surface area contributed by atoms with Crippen molar-refractivity contribution in [3.8, 4) is 0 Å². The van der Waals surface area contributed by atoms with Crippen LogP contribution in [0.4, 0.5) is 11.5 Å². The van der Waals surface area contributed by atoms with Crippen LogP contribution in [-0.4, -0.2) is 24.0 Å². The molecule has 0 radical (unpaired) electrons. The largest absolute Gasteiger partial charge is 0.356 e. The molecular formula is C22H30N4O. The van der Waals surface area contributed by atoms with Gasteiger partial charge in [0.25, 0.3) is 0 Å². The number of hydrogen-bond acceptors (Lipinski definition) is 4. The molecule has 1 heterocycles. The molecule has 1 aromatic heterocycles. The summed E-state index contributed by atoms with van der Waals surface area (Å²) in [6.45, 7) is 3.08. The van der Waals surface area contributed by atoms with E-state index in [1.54, 1.807) is 0 Å². The first-order chi connectivity index (χ1) is 13.1. The third-order valence-corrected chi connectivity index (χ3v) is 5.24. The van der Waals surface area contributed by atoms with Gasteiger partial charge in [-0.3, -0.25) is 4.79 Å². The minimum atomic E-state index is -0.0490. The molecule has 1 fully saturated rings. The lowest BCUT2D eigenvalue weighted by molar-refractivity contribution is -0.114. The smallest absolute Gasteiger partial charge is 0.221 e. The van der Waals surface area contributed by atoms with Crippen LogP contribution in [0.3, 0.4) is 0 Å². The number of benzene rings is 1. The summed E-state index contributed by atoms with van der Waals surface area (Å²) in [5, 5.41) is 6.31. The Morgan fingerprint density at radius 3 is 2.56 bits per heavy atom. The molecule has 1 amide bonds. The number of carbonyl (C=O) groups is 1. The Morgan fingerprint density at radius 1 is 1.11 bits per heavy atom. The molecule has 0 atom stereocenters. The summed E-state index contributed by atoms with van der Waals surface area (Å²) in [4.78, 5) is 18.1. The average molecular weight is 367 g/mol. The van der Waals surface area contributed by atoms with Gasteiger partial charge in [-0.1, -0.05) is 37.5 Å². The highest BCUT2D eigenvalue weighted by Gasteiger charge is 2.20. The van der Waals surface area contributed by atoms with Crippen molar-refractivity contribution in [1.82, 2.24) is 10.3 Å². The van der Waals surface area contributed by atoms with Gasteiger partial charge in [0, 0.05) is 50.6 Å². The van der Waals surface area contributed by atoms with Crippen LogP contribution in [0.15, 0.2) is 42.6 Å². The van der Waals surface area contributed by atoms with Crippen LogP contribution in [0.25, 0.3) is 0 Å². The highest BCUT2D eigenvalue weighted by molar-refractivity contribution is 5.88. The topological polar surface area (TPSA) is 57.3 Å². The minimum Gasteiger partial charge on any atom is -0.356 e. The molecule has 144 valence electrons. The number of aromatic nitrogens is 1. The molecule has 1 aliphatic carbocycles. The molecule has 0 saturated heterocycles. The zero-order valence-electron chi connectivity index (χ0n) is 16.4. The standard InChI is InChI=1S/C22H30N4O/c1-17(27)25-20-12-10-18(11-13-20)15-23-16-19-7-6-14-24-22(19)26(2)21-8-4-3-5-9-21/h6-7,10-14,21,23H,3-5,8-9,15-16H2,1-2H3,(H,25,27). The Balaban J connectivity index is 1.57. The van der Waals surface area contributed by atoms with E-state index in [1.165, 1.54) is 50.2 Å². The van der Waals surface area contributed by atoms with Crippen LogP contribution >= 0.6 is 0 Å². The van der Waals surface area contributed by atoms with Crippen molar-refractivity contribution >= 4 is 17.4 Å². The maximum atomic E-state index is 11.1. The van der Waals surface area contributed by atoms with Crippen LogP contribution in [0.2, 0.25) is 0 Å². The van der Waals surface area contributed by atoms with E-state index in [1.807, 2.05) is 36.5 Å². The van der Waals surface area contributed by atoms with Crippen LogP contribution in [0, 0.1) is 0 Å². The van der Waals surface area contributed by atoms with Gasteiger partial charge in [-0.05, 0) is 36.6 Å². The predicted molar refractivity (Wildman–Crippen MR) is 111 cm³/mol. The Labute approximate surface area is 162 Å².